The Morgan fingerprint density at radius 2 is 2.00 bits per heavy atom. The lowest BCUT2D eigenvalue weighted by Crippen LogP contribution is -2.36. The van der Waals surface area contributed by atoms with Crippen LogP contribution in [0.4, 0.5) is 5.82 Å². The molecule has 1 aliphatic heterocycles. The molecular weight excluding hydrogens is 294 g/mol. The van der Waals surface area contributed by atoms with Crippen LogP contribution in [-0.2, 0) is 11.3 Å². The van der Waals surface area contributed by atoms with Gasteiger partial charge in [-0.2, -0.15) is 0 Å². The number of morpholine rings is 1. The number of nitrogens with one attached hydrogen (secondary N) is 1. The second kappa shape index (κ2) is 7.14. The Labute approximate surface area is 135 Å². The van der Waals surface area contributed by atoms with Gasteiger partial charge in [-0.25, -0.2) is 9.78 Å². The van der Waals surface area contributed by atoms with Crippen molar-refractivity contribution in [3.63, 3.8) is 0 Å². The molecule has 0 amide bonds. The first-order valence-electron chi connectivity index (χ1n) is 8.37. The largest absolute Gasteiger partial charge is 0.378 e. The molecule has 0 aliphatic carbocycles. The second-order valence-corrected chi connectivity index (χ2v) is 5.75. The fourth-order valence-electron chi connectivity index (χ4n) is 2.98. The van der Waals surface area contributed by atoms with Crippen molar-refractivity contribution in [2.75, 3.05) is 50.8 Å². The standard InChI is InChI=1S/C16H25N5O2/c1-3-19(4-2)7-8-21-15-13(17-16(21)22)5-6-14(18-15)20-9-11-23-12-10-20/h5-6H,3-4,7-12H2,1-2H3,(H,17,22). The molecule has 3 rings (SSSR count). The summed E-state index contributed by atoms with van der Waals surface area (Å²) in [4.78, 5) is 24.4. The summed E-state index contributed by atoms with van der Waals surface area (Å²) in [5, 5.41) is 0. The molecule has 7 nitrogen and oxygen atoms in total. The number of nitrogens with zero attached hydrogens (tertiary/aromatic N) is 4. The van der Waals surface area contributed by atoms with Gasteiger partial charge in [-0.05, 0) is 25.2 Å². The Morgan fingerprint density at radius 3 is 2.70 bits per heavy atom. The normalized spacial score (nSPS) is 15.7. The molecule has 7 heteroatoms. The van der Waals surface area contributed by atoms with E-state index in [1.54, 1.807) is 4.57 Å². The van der Waals surface area contributed by atoms with E-state index >= 15 is 0 Å². The number of imidazole rings is 1. The highest BCUT2D eigenvalue weighted by atomic mass is 16.5. The SMILES string of the molecule is CCN(CC)CCn1c(=O)[nH]c2ccc(N3CCOCC3)nc21. The van der Waals surface area contributed by atoms with Crippen LogP contribution in [0.2, 0.25) is 0 Å². The van der Waals surface area contributed by atoms with Gasteiger partial charge in [-0.15, -0.1) is 0 Å². The zero-order chi connectivity index (χ0) is 16.2. The van der Waals surface area contributed by atoms with Crippen molar-refractivity contribution in [3.05, 3.63) is 22.6 Å². The predicted octanol–water partition coefficient (Wildman–Crippen LogP) is 0.903. The highest BCUT2D eigenvalue weighted by Gasteiger charge is 2.15. The van der Waals surface area contributed by atoms with E-state index in [0.29, 0.717) is 6.54 Å². The van der Waals surface area contributed by atoms with Gasteiger partial charge in [0.15, 0.2) is 5.65 Å². The van der Waals surface area contributed by atoms with E-state index in [0.717, 1.165) is 62.9 Å². The summed E-state index contributed by atoms with van der Waals surface area (Å²) < 4.78 is 7.14. The van der Waals surface area contributed by atoms with E-state index in [2.05, 4.69) is 28.6 Å². The Kier molecular flexibility index (Phi) is 4.97. The van der Waals surface area contributed by atoms with E-state index in [-0.39, 0.29) is 5.69 Å². The van der Waals surface area contributed by atoms with Crippen LogP contribution in [0.25, 0.3) is 11.2 Å². The van der Waals surface area contributed by atoms with Crippen LogP contribution in [0, 0.1) is 0 Å². The smallest absolute Gasteiger partial charge is 0.327 e. The number of H-pyrrole nitrogens is 1. The summed E-state index contributed by atoms with van der Waals surface area (Å²) in [6.45, 7) is 10.9. The third kappa shape index (κ3) is 3.40. The number of likely N-dealkylation sites (N-methyl/N-ethyl adjacent to an activating group) is 1. The summed E-state index contributed by atoms with van der Waals surface area (Å²) >= 11 is 0. The van der Waals surface area contributed by atoms with Crippen LogP contribution in [0.3, 0.4) is 0 Å². The van der Waals surface area contributed by atoms with E-state index in [1.807, 2.05) is 12.1 Å². The Balaban J connectivity index is 1.87. The molecule has 0 spiro atoms. The molecule has 0 radical (unpaired) electrons. The molecule has 2 aromatic heterocycles. The summed E-state index contributed by atoms with van der Waals surface area (Å²) in [6.07, 6.45) is 0. The van der Waals surface area contributed by atoms with Crippen molar-refractivity contribution in [2.24, 2.45) is 0 Å². The average molecular weight is 319 g/mol. The van der Waals surface area contributed by atoms with Gasteiger partial charge in [0.2, 0.25) is 0 Å². The summed E-state index contributed by atoms with van der Waals surface area (Å²) in [6, 6.07) is 3.92. The summed E-state index contributed by atoms with van der Waals surface area (Å²) in [5.74, 6) is 0.913. The topological polar surface area (TPSA) is 66.4 Å². The molecule has 2 aromatic rings. The third-order valence-electron chi connectivity index (χ3n) is 4.47. The van der Waals surface area contributed by atoms with Gasteiger partial charge in [0.1, 0.15) is 5.82 Å². The van der Waals surface area contributed by atoms with Crippen molar-refractivity contribution < 1.29 is 4.74 Å². The Bertz CT molecular complexity index is 698. The zero-order valence-corrected chi connectivity index (χ0v) is 13.9. The number of pyridine rings is 1. The molecule has 0 bridgehead atoms. The highest BCUT2D eigenvalue weighted by Crippen LogP contribution is 2.17. The minimum absolute atomic E-state index is 0.0845. The highest BCUT2D eigenvalue weighted by molar-refractivity contribution is 5.73. The minimum Gasteiger partial charge on any atom is -0.378 e. The van der Waals surface area contributed by atoms with Gasteiger partial charge in [0.05, 0.1) is 18.7 Å². The lowest BCUT2D eigenvalue weighted by molar-refractivity contribution is 0.122. The average Bonchev–Trinajstić information content (AvgIpc) is 2.91. The monoisotopic (exact) mass is 319 g/mol. The minimum atomic E-state index is -0.0845. The molecule has 1 N–H and O–H groups in total. The molecule has 23 heavy (non-hydrogen) atoms. The van der Waals surface area contributed by atoms with Crippen molar-refractivity contribution in [1.82, 2.24) is 19.4 Å². The molecule has 1 aliphatic rings. The van der Waals surface area contributed by atoms with Gasteiger partial charge in [0.25, 0.3) is 0 Å². The molecule has 3 heterocycles. The van der Waals surface area contributed by atoms with Gasteiger partial charge < -0.3 is 19.5 Å². The third-order valence-corrected chi connectivity index (χ3v) is 4.47. The van der Waals surface area contributed by atoms with Gasteiger partial charge >= 0.3 is 5.69 Å². The van der Waals surface area contributed by atoms with E-state index in [9.17, 15) is 4.79 Å². The summed E-state index contributed by atoms with van der Waals surface area (Å²) in [7, 11) is 0. The maximum Gasteiger partial charge on any atom is 0.327 e. The lowest BCUT2D eigenvalue weighted by Gasteiger charge is -2.27. The number of ether oxygens (including phenoxy) is 1. The maximum absolute atomic E-state index is 12.2. The summed E-state index contributed by atoms with van der Waals surface area (Å²) in [5.41, 5.74) is 1.46. The van der Waals surface area contributed by atoms with Crippen molar-refractivity contribution in [2.45, 2.75) is 20.4 Å². The number of anilines is 1. The maximum atomic E-state index is 12.2. The molecule has 1 fully saturated rings. The van der Waals surface area contributed by atoms with Gasteiger partial charge in [-0.1, -0.05) is 13.8 Å². The number of aromatic amines is 1. The fraction of sp³-hybridized carbons (Fsp3) is 0.625. The molecule has 1 saturated heterocycles. The van der Waals surface area contributed by atoms with Crippen LogP contribution < -0.4 is 10.6 Å². The van der Waals surface area contributed by atoms with E-state index < -0.39 is 0 Å². The van der Waals surface area contributed by atoms with E-state index in [4.69, 9.17) is 9.72 Å². The Morgan fingerprint density at radius 1 is 1.26 bits per heavy atom. The van der Waals surface area contributed by atoms with Crippen LogP contribution >= 0.6 is 0 Å². The number of rotatable bonds is 6. The molecule has 0 saturated carbocycles. The Hall–Kier alpha value is -1.86. The predicted molar refractivity (Wildman–Crippen MR) is 91.2 cm³/mol. The molecule has 0 aromatic carbocycles. The first kappa shape index (κ1) is 16.0. The number of aromatic nitrogens is 3. The molecule has 0 unspecified atom stereocenters. The van der Waals surface area contributed by atoms with Crippen molar-refractivity contribution >= 4 is 17.0 Å². The van der Waals surface area contributed by atoms with Crippen LogP contribution in [-0.4, -0.2) is 65.4 Å². The first-order valence-corrected chi connectivity index (χ1v) is 8.37. The molecule has 126 valence electrons. The fourth-order valence-corrected chi connectivity index (χ4v) is 2.98. The zero-order valence-electron chi connectivity index (χ0n) is 13.9. The number of hydrogen-bond acceptors (Lipinski definition) is 5. The number of hydrogen-bond donors (Lipinski definition) is 1. The second-order valence-electron chi connectivity index (χ2n) is 5.75. The van der Waals surface area contributed by atoms with Crippen LogP contribution in [0.5, 0.6) is 0 Å². The molecule has 0 atom stereocenters. The van der Waals surface area contributed by atoms with Crippen molar-refractivity contribution in [3.8, 4) is 0 Å². The van der Waals surface area contributed by atoms with Gasteiger partial charge in [-0.3, -0.25) is 4.57 Å². The van der Waals surface area contributed by atoms with Crippen LogP contribution in [0.1, 0.15) is 13.8 Å². The number of fused-ring (bicyclic) bond motifs is 1. The first-order chi connectivity index (χ1) is 11.2. The van der Waals surface area contributed by atoms with Crippen molar-refractivity contribution in [1.29, 1.82) is 0 Å². The van der Waals surface area contributed by atoms with Gasteiger partial charge in [0, 0.05) is 26.2 Å². The van der Waals surface area contributed by atoms with E-state index in [1.165, 1.54) is 0 Å². The quantitative estimate of drug-likeness (QED) is 0.857. The van der Waals surface area contributed by atoms with Crippen LogP contribution in [0.15, 0.2) is 16.9 Å². The lowest BCUT2D eigenvalue weighted by atomic mass is 10.3. The molecular formula is C16H25N5O2.